The number of aromatic nitrogens is 4. The van der Waals surface area contributed by atoms with Gasteiger partial charge in [0.15, 0.2) is 0 Å². The van der Waals surface area contributed by atoms with Crippen molar-refractivity contribution < 1.29 is 4.74 Å². The Morgan fingerprint density at radius 3 is 2.80 bits per heavy atom. The van der Waals surface area contributed by atoms with Gasteiger partial charge in [0.25, 0.3) is 0 Å². The van der Waals surface area contributed by atoms with E-state index in [0.29, 0.717) is 12.6 Å². The van der Waals surface area contributed by atoms with E-state index in [4.69, 9.17) is 4.74 Å². The summed E-state index contributed by atoms with van der Waals surface area (Å²) in [6, 6.07) is 18.0. The Hall–Kier alpha value is -3.75. The van der Waals surface area contributed by atoms with Crippen LogP contribution in [0.2, 0.25) is 0 Å². The SMILES string of the molecule is Cc1cccc(-c2ncc(-c3ccnc(Nc4cccc(OCCCN5CCNCC5)c4)n3)[nH]2)c1. The maximum absolute atomic E-state index is 5.99. The molecular weight excluding hydrogens is 438 g/mol. The van der Waals surface area contributed by atoms with Crippen molar-refractivity contribution in [2.75, 3.05) is 44.6 Å². The van der Waals surface area contributed by atoms with Crippen LogP contribution in [0.5, 0.6) is 5.75 Å². The second-order valence-electron chi connectivity index (χ2n) is 8.73. The van der Waals surface area contributed by atoms with Gasteiger partial charge in [-0.25, -0.2) is 15.0 Å². The molecule has 1 saturated heterocycles. The smallest absolute Gasteiger partial charge is 0.227 e. The van der Waals surface area contributed by atoms with E-state index >= 15 is 0 Å². The molecule has 2 aromatic carbocycles. The zero-order valence-electron chi connectivity index (χ0n) is 20.0. The minimum absolute atomic E-state index is 0.519. The number of anilines is 2. The first-order chi connectivity index (χ1) is 17.2. The number of nitrogens with zero attached hydrogens (tertiary/aromatic N) is 4. The van der Waals surface area contributed by atoms with Crippen LogP contribution in [0.25, 0.3) is 22.8 Å². The van der Waals surface area contributed by atoms with Gasteiger partial charge in [0.05, 0.1) is 24.2 Å². The fraction of sp³-hybridized carbons (Fsp3) is 0.296. The van der Waals surface area contributed by atoms with Gasteiger partial charge in [0, 0.05) is 56.2 Å². The van der Waals surface area contributed by atoms with Gasteiger partial charge in [0.1, 0.15) is 11.6 Å². The van der Waals surface area contributed by atoms with Crippen LogP contribution in [0.1, 0.15) is 12.0 Å². The first-order valence-corrected chi connectivity index (χ1v) is 12.1. The van der Waals surface area contributed by atoms with Gasteiger partial charge in [-0.05, 0) is 37.6 Å². The molecule has 1 fully saturated rings. The molecule has 0 atom stereocenters. The quantitative estimate of drug-likeness (QED) is 0.316. The Labute approximate surface area is 205 Å². The minimum Gasteiger partial charge on any atom is -0.493 e. The summed E-state index contributed by atoms with van der Waals surface area (Å²) in [6.07, 6.45) is 4.56. The molecule has 35 heavy (non-hydrogen) atoms. The highest BCUT2D eigenvalue weighted by atomic mass is 16.5. The second kappa shape index (κ2) is 11.1. The summed E-state index contributed by atoms with van der Waals surface area (Å²) in [5.74, 6) is 2.17. The highest BCUT2D eigenvalue weighted by Gasteiger charge is 2.10. The first-order valence-electron chi connectivity index (χ1n) is 12.1. The third-order valence-electron chi connectivity index (χ3n) is 5.99. The van der Waals surface area contributed by atoms with Gasteiger partial charge in [-0.2, -0.15) is 0 Å². The third kappa shape index (κ3) is 6.23. The summed E-state index contributed by atoms with van der Waals surface area (Å²) in [4.78, 5) is 19.4. The number of piperazine rings is 1. The van der Waals surface area contributed by atoms with Gasteiger partial charge < -0.3 is 25.3 Å². The lowest BCUT2D eigenvalue weighted by molar-refractivity contribution is 0.214. The molecule has 180 valence electrons. The fourth-order valence-corrected chi connectivity index (χ4v) is 4.17. The number of H-pyrrole nitrogens is 1. The van der Waals surface area contributed by atoms with Crippen LogP contribution in [0.4, 0.5) is 11.6 Å². The Bertz CT molecular complexity index is 1250. The lowest BCUT2D eigenvalue weighted by Crippen LogP contribution is -2.43. The number of rotatable bonds is 9. The number of aromatic amines is 1. The van der Waals surface area contributed by atoms with E-state index in [1.807, 2.05) is 42.5 Å². The van der Waals surface area contributed by atoms with Crippen molar-refractivity contribution in [2.24, 2.45) is 0 Å². The van der Waals surface area contributed by atoms with Gasteiger partial charge in [-0.1, -0.05) is 29.8 Å². The Morgan fingerprint density at radius 2 is 1.91 bits per heavy atom. The summed E-state index contributed by atoms with van der Waals surface area (Å²) in [5.41, 5.74) is 4.74. The van der Waals surface area contributed by atoms with Crippen molar-refractivity contribution >= 4 is 11.6 Å². The molecule has 0 radical (unpaired) electrons. The Balaban J connectivity index is 1.20. The molecule has 0 amide bonds. The second-order valence-corrected chi connectivity index (χ2v) is 8.73. The van der Waals surface area contributed by atoms with Gasteiger partial charge in [-0.15, -0.1) is 0 Å². The van der Waals surface area contributed by atoms with Gasteiger partial charge >= 0.3 is 0 Å². The van der Waals surface area contributed by atoms with E-state index in [-0.39, 0.29) is 0 Å². The average molecular weight is 470 g/mol. The van der Waals surface area contributed by atoms with Crippen molar-refractivity contribution in [3.05, 3.63) is 72.6 Å². The molecule has 8 heteroatoms. The van der Waals surface area contributed by atoms with Crippen LogP contribution in [0.3, 0.4) is 0 Å². The molecule has 1 aliphatic heterocycles. The van der Waals surface area contributed by atoms with Crippen LogP contribution in [-0.4, -0.2) is 64.2 Å². The lowest BCUT2D eigenvalue weighted by atomic mass is 10.1. The maximum Gasteiger partial charge on any atom is 0.227 e. The zero-order chi connectivity index (χ0) is 23.9. The number of imidazole rings is 1. The minimum atomic E-state index is 0.519. The van der Waals surface area contributed by atoms with Crippen molar-refractivity contribution in [1.29, 1.82) is 0 Å². The molecule has 0 bridgehead atoms. The Morgan fingerprint density at radius 1 is 1.03 bits per heavy atom. The van der Waals surface area contributed by atoms with E-state index < -0.39 is 0 Å². The highest BCUT2D eigenvalue weighted by molar-refractivity contribution is 5.64. The van der Waals surface area contributed by atoms with Crippen LogP contribution in [-0.2, 0) is 0 Å². The molecule has 0 unspecified atom stereocenters. The molecule has 2 aromatic heterocycles. The first kappa shape index (κ1) is 23.0. The number of aryl methyl sites for hydroxylation is 1. The predicted molar refractivity (Wildman–Crippen MR) is 139 cm³/mol. The average Bonchev–Trinajstić information content (AvgIpc) is 3.38. The van der Waals surface area contributed by atoms with Crippen molar-refractivity contribution in [3.8, 4) is 28.5 Å². The molecule has 3 heterocycles. The van der Waals surface area contributed by atoms with Gasteiger partial charge in [-0.3, -0.25) is 0 Å². The fourth-order valence-electron chi connectivity index (χ4n) is 4.17. The van der Waals surface area contributed by atoms with Crippen LogP contribution in [0, 0.1) is 6.92 Å². The maximum atomic E-state index is 5.99. The lowest BCUT2D eigenvalue weighted by Gasteiger charge is -2.26. The van der Waals surface area contributed by atoms with E-state index in [9.17, 15) is 0 Å². The molecule has 0 aliphatic carbocycles. The normalized spacial score (nSPS) is 14.1. The molecule has 0 spiro atoms. The molecular formula is C27H31N7O. The monoisotopic (exact) mass is 469 g/mol. The third-order valence-corrected chi connectivity index (χ3v) is 5.99. The van der Waals surface area contributed by atoms with Gasteiger partial charge in [0.2, 0.25) is 5.95 Å². The number of benzene rings is 2. The number of hydrogen-bond donors (Lipinski definition) is 3. The molecule has 4 aromatic rings. The number of hydrogen-bond acceptors (Lipinski definition) is 7. The van der Waals surface area contributed by atoms with Crippen LogP contribution < -0.4 is 15.4 Å². The van der Waals surface area contributed by atoms with Crippen LogP contribution in [0.15, 0.2) is 67.0 Å². The predicted octanol–water partition coefficient (Wildman–Crippen LogP) is 4.26. The molecule has 0 saturated carbocycles. The summed E-state index contributed by atoms with van der Waals surface area (Å²) >= 11 is 0. The van der Waals surface area contributed by atoms with Crippen molar-refractivity contribution in [1.82, 2.24) is 30.2 Å². The summed E-state index contributed by atoms with van der Waals surface area (Å²) in [6.45, 7) is 8.22. The van der Waals surface area contributed by atoms with E-state index in [1.54, 1.807) is 12.4 Å². The Kier molecular flexibility index (Phi) is 7.31. The van der Waals surface area contributed by atoms with Crippen LogP contribution >= 0.6 is 0 Å². The number of ether oxygens (including phenoxy) is 1. The molecule has 1 aliphatic rings. The van der Waals surface area contributed by atoms with Crippen molar-refractivity contribution in [2.45, 2.75) is 13.3 Å². The van der Waals surface area contributed by atoms with E-state index in [0.717, 1.165) is 73.4 Å². The van der Waals surface area contributed by atoms with Crippen molar-refractivity contribution in [3.63, 3.8) is 0 Å². The summed E-state index contributed by atoms with van der Waals surface area (Å²) < 4.78 is 5.99. The summed E-state index contributed by atoms with van der Waals surface area (Å²) in [7, 11) is 0. The molecule has 5 rings (SSSR count). The highest BCUT2D eigenvalue weighted by Crippen LogP contribution is 2.24. The van der Waals surface area contributed by atoms with E-state index in [2.05, 4.69) is 54.5 Å². The standard InChI is InChI=1S/C27H31N7O/c1-20-5-2-6-21(17-20)26-30-19-25(32-26)24-9-10-29-27(33-24)31-22-7-3-8-23(18-22)35-16-4-13-34-14-11-28-12-15-34/h2-3,5-10,17-19,28H,4,11-16H2,1H3,(H,30,32)(H,29,31,33). The summed E-state index contributed by atoms with van der Waals surface area (Å²) in [5, 5.41) is 6.68. The topological polar surface area (TPSA) is 91.0 Å². The number of nitrogens with one attached hydrogen (secondary N) is 3. The zero-order valence-corrected chi connectivity index (χ0v) is 20.0. The molecule has 3 N–H and O–H groups in total. The molecule has 8 nitrogen and oxygen atoms in total. The largest absolute Gasteiger partial charge is 0.493 e. The van der Waals surface area contributed by atoms with E-state index in [1.165, 1.54) is 5.56 Å².